The highest BCUT2D eigenvalue weighted by molar-refractivity contribution is 9.09. The van der Waals surface area contributed by atoms with Crippen molar-refractivity contribution >= 4 is 39.1 Å². The van der Waals surface area contributed by atoms with Gasteiger partial charge < -0.3 is 19.7 Å². The summed E-state index contributed by atoms with van der Waals surface area (Å²) in [7, 11) is 0. The summed E-state index contributed by atoms with van der Waals surface area (Å²) in [5, 5.41) is 3.86. The van der Waals surface area contributed by atoms with E-state index in [4.69, 9.17) is 9.47 Å². The quantitative estimate of drug-likeness (QED) is 0.327. The van der Waals surface area contributed by atoms with E-state index in [1.807, 2.05) is 35.2 Å². The number of aryl methyl sites for hydroxylation is 2. The number of fused-ring (bicyclic) bond motifs is 2. The number of hydrogen-bond donors (Lipinski definition) is 1. The molecule has 2 aromatic rings. The summed E-state index contributed by atoms with van der Waals surface area (Å²) in [6, 6.07) is 12.0. The number of amides is 2. The molecule has 0 atom stereocenters. The number of unbranched alkanes of at least 4 members (excludes halogenated alkanes) is 2. The van der Waals surface area contributed by atoms with Crippen LogP contribution in [0.25, 0.3) is 0 Å². The van der Waals surface area contributed by atoms with E-state index in [1.165, 1.54) is 5.56 Å². The van der Waals surface area contributed by atoms with Crippen LogP contribution in [0.3, 0.4) is 0 Å². The molecule has 176 valence electrons. The minimum Gasteiger partial charge on any atom is -0.494 e. The molecule has 0 saturated heterocycles. The molecule has 33 heavy (non-hydrogen) atoms. The molecule has 2 aromatic carbocycles. The monoisotopic (exact) mass is 514 g/mol. The zero-order valence-corrected chi connectivity index (χ0v) is 20.5. The Morgan fingerprint density at radius 3 is 2.27 bits per heavy atom. The van der Waals surface area contributed by atoms with Gasteiger partial charge in [0.05, 0.1) is 18.9 Å². The molecule has 2 aliphatic rings. The van der Waals surface area contributed by atoms with Crippen LogP contribution < -0.4 is 19.7 Å². The summed E-state index contributed by atoms with van der Waals surface area (Å²) >= 11 is 3.46. The van der Waals surface area contributed by atoms with Crippen LogP contribution in [0, 0.1) is 0 Å². The van der Waals surface area contributed by atoms with E-state index in [0.29, 0.717) is 26.1 Å². The Balaban J connectivity index is 1.22. The first-order chi connectivity index (χ1) is 16.1. The van der Waals surface area contributed by atoms with Crippen molar-refractivity contribution in [2.75, 3.05) is 35.3 Å². The van der Waals surface area contributed by atoms with Gasteiger partial charge in [-0.05, 0) is 61.8 Å². The van der Waals surface area contributed by atoms with E-state index < -0.39 is 0 Å². The SMILES string of the molecule is O=C1CCc2ccc(OCCCCOc3ccc4c(c3)N(CCCCBr)C(=O)CC4)cc2N1. The third-order valence-corrected chi connectivity index (χ3v) is 6.64. The zero-order chi connectivity index (χ0) is 23.0. The molecule has 1 N–H and O–H groups in total. The van der Waals surface area contributed by atoms with Crippen LogP contribution >= 0.6 is 15.9 Å². The van der Waals surface area contributed by atoms with Gasteiger partial charge in [0.2, 0.25) is 11.8 Å². The van der Waals surface area contributed by atoms with Gasteiger partial charge >= 0.3 is 0 Å². The van der Waals surface area contributed by atoms with Gasteiger partial charge in [-0.2, -0.15) is 0 Å². The number of carbonyl (C=O) groups excluding carboxylic acids is 2. The average Bonchev–Trinajstić information content (AvgIpc) is 2.82. The first-order valence-electron chi connectivity index (χ1n) is 11.8. The molecule has 0 fully saturated rings. The van der Waals surface area contributed by atoms with Gasteiger partial charge in [0, 0.05) is 42.5 Å². The lowest BCUT2D eigenvalue weighted by atomic mass is 10.0. The summed E-state index contributed by atoms with van der Waals surface area (Å²) in [5.41, 5.74) is 4.24. The van der Waals surface area contributed by atoms with Crippen LogP contribution in [0.15, 0.2) is 36.4 Å². The molecule has 0 saturated carbocycles. The highest BCUT2D eigenvalue weighted by atomic mass is 79.9. The van der Waals surface area contributed by atoms with Gasteiger partial charge in [-0.1, -0.05) is 28.1 Å². The number of ether oxygens (including phenoxy) is 2. The van der Waals surface area contributed by atoms with Crippen LogP contribution in [0.4, 0.5) is 11.4 Å². The average molecular weight is 515 g/mol. The van der Waals surface area contributed by atoms with E-state index in [-0.39, 0.29) is 11.8 Å². The second-order valence-electron chi connectivity index (χ2n) is 8.50. The molecule has 0 aliphatic carbocycles. The third kappa shape index (κ3) is 6.28. The normalized spacial score (nSPS) is 15.0. The molecule has 4 rings (SSSR count). The highest BCUT2D eigenvalue weighted by Crippen LogP contribution is 2.32. The van der Waals surface area contributed by atoms with Crippen molar-refractivity contribution < 1.29 is 19.1 Å². The van der Waals surface area contributed by atoms with Gasteiger partial charge in [0.1, 0.15) is 11.5 Å². The molecule has 7 heteroatoms. The van der Waals surface area contributed by atoms with Crippen molar-refractivity contribution in [3.05, 3.63) is 47.5 Å². The number of alkyl halides is 1. The van der Waals surface area contributed by atoms with Crippen LogP contribution in [0.1, 0.15) is 49.7 Å². The summed E-state index contributed by atoms with van der Waals surface area (Å²) in [5.74, 6) is 1.84. The number of halogens is 1. The van der Waals surface area contributed by atoms with Crippen LogP contribution in [-0.4, -0.2) is 36.9 Å². The molecule has 0 radical (unpaired) electrons. The molecule has 0 aromatic heterocycles. The predicted molar refractivity (Wildman–Crippen MR) is 134 cm³/mol. The summed E-state index contributed by atoms with van der Waals surface area (Å²) in [6.07, 6.45) is 6.48. The zero-order valence-electron chi connectivity index (χ0n) is 18.9. The molecule has 0 unspecified atom stereocenters. The first-order valence-corrected chi connectivity index (χ1v) is 12.9. The minimum absolute atomic E-state index is 0.0606. The fraction of sp³-hybridized carbons (Fsp3) is 0.462. The van der Waals surface area contributed by atoms with Crippen molar-refractivity contribution in [1.82, 2.24) is 0 Å². The van der Waals surface area contributed by atoms with E-state index in [0.717, 1.165) is 78.8 Å². The Morgan fingerprint density at radius 2 is 1.52 bits per heavy atom. The van der Waals surface area contributed by atoms with Crippen LogP contribution in [-0.2, 0) is 22.4 Å². The van der Waals surface area contributed by atoms with Crippen molar-refractivity contribution in [2.24, 2.45) is 0 Å². The maximum atomic E-state index is 12.4. The van der Waals surface area contributed by atoms with Crippen molar-refractivity contribution in [1.29, 1.82) is 0 Å². The predicted octanol–water partition coefficient (Wildman–Crippen LogP) is 5.26. The van der Waals surface area contributed by atoms with Gasteiger partial charge in [0.25, 0.3) is 0 Å². The van der Waals surface area contributed by atoms with Crippen molar-refractivity contribution in [3.63, 3.8) is 0 Å². The Hall–Kier alpha value is -2.54. The summed E-state index contributed by atoms with van der Waals surface area (Å²) < 4.78 is 11.8. The second-order valence-corrected chi connectivity index (χ2v) is 9.30. The van der Waals surface area contributed by atoms with Gasteiger partial charge in [0.15, 0.2) is 0 Å². The van der Waals surface area contributed by atoms with E-state index in [1.54, 1.807) is 0 Å². The van der Waals surface area contributed by atoms with Crippen molar-refractivity contribution in [3.8, 4) is 11.5 Å². The third-order valence-electron chi connectivity index (χ3n) is 6.08. The van der Waals surface area contributed by atoms with Gasteiger partial charge in [-0.25, -0.2) is 0 Å². The van der Waals surface area contributed by atoms with Crippen LogP contribution in [0.5, 0.6) is 11.5 Å². The molecule has 0 spiro atoms. The number of rotatable bonds is 11. The lowest BCUT2D eigenvalue weighted by molar-refractivity contribution is -0.119. The topological polar surface area (TPSA) is 67.9 Å². The Bertz CT molecular complexity index is 994. The first kappa shape index (κ1) is 23.6. The van der Waals surface area contributed by atoms with E-state index >= 15 is 0 Å². The second kappa shape index (κ2) is 11.5. The molecule has 2 amide bonds. The highest BCUT2D eigenvalue weighted by Gasteiger charge is 2.24. The molecular formula is C26H31BrN2O4. The maximum absolute atomic E-state index is 12.4. The molecular weight excluding hydrogens is 484 g/mol. The number of carbonyl (C=O) groups is 2. The number of anilines is 2. The van der Waals surface area contributed by atoms with E-state index in [2.05, 4.69) is 27.3 Å². The Kier molecular flexibility index (Phi) is 8.26. The van der Waals surface area contributed by atoms with Crippen LogP contribution in [0.2, 0.25) is 0 Å². The Labute approximate surface area is 203 Å². The largest absolute Gasteiger partial charge is 0.494 e. The fourth-order valence-electron chi connectivity index (χ4n) is 4.24. The molecule has 2 heterocycles. The number of benzene rings is 2. The number of nitrogens with one attached hydrogen (secondary N) is 1. The summed E-state index contributed by atoms with van der Waals surface area (Å²) in [6.45, 7) is 1.95. The fourth-order valence-corrected chi connectivity index (χ4v) is 4.64. The smallest absolute Gasteiger partial charge is 0.227 e. The molecule has 2 aliphatic heterocycles. The lowest BCUT2D eigenvalue weighted by Gasteiger charge is -2.30. The summed E-state index contributed by atoms with van der Waals surface area (Å²) in [4.78, 5) is 25.9. The van der Waals surface area contributed by atoms with Gasteiger partial charge in [-0.15, -0.1) is 0 Å². The minimum atomic E-state index is 0.0606. The molecule has 6 nitrogen and oxygen atoms in total. The van der Waals surface area contributed by atoms with Crippen molar-refractivity contribution in [2.45, 2.75) is 51.4 Å². The maximum Gasteiger partial charge on any atom is 0.227 e. The Morgan fingerprint density at radius 1 is 0.818 bits per heavy atom. The number of hydrogen-bond acceptors (Lipinski definition) is 4. The molecule has 0 bridgehead atoms. The standard InChI is InChI=1S/C26H31BrN2O4/c27-13-1-2-14-29-24-18-22(10-6-20(24)8-12-26(29)31)33-16-4-3-15-32-21-9-5-19-7-11-25(30)28-23(19)17-21/h5-6,9-10,17-18H,1-4,7-8,11-16H2,(H,28,30). The lowest BCUT2D eigenvalue weighted by Crippen LogP contribution is -2.35. The number of nitrogens with zero attached hydrogens (tertiary/aromatic N) is 1. The van der Waals surface area contributed by atoms with E-state index in [9.17, 15) is 9.59 Å². The van der Waals surface area contributed by atoms with Gasteiger partial charge in [-0.3, -0.25) is 9.59 Å².